The summed E-state index contributed by atoms with van der Waals surface area (Å²) < 4.78 is 30.4. The molecule has 2 aromatic heterocycles. The second kappa shape index (κ2) is 14.3. The number of imide groups is 1. The molecule has 3 saturated heterocycles. The highest BCUT2D eigenvalue weighted by Crippen LogP contribution is 2.41. The lowest BCUT2D eigenvalue weighted by atomic mass is 9.88. The number of hydrogen-bond acceptors (Lipinski definition) is 9. The smallest absolute Gasteiger partial charge is 0.249 e. The van der Waals surface area contributed by atoms with E-state index in [2.05, 4.69) is 60.3 Å². The summed E-state index contributed by atoms with van der Waals surface area (Å²) in [5.41, 5.74) is 4.19. The minimum absolute atomic E-state index is 0.149. The molecule has 4 aliphatic rings. The number of aromatic amines is 1. The van der Waals surface area contributed by atoms with Crippen LogP contribution >= 0.6 is 0 Å². The molecule has 2 aromatic carbocycles. The minimum atomic E-state index is -1.35. The second-order valence-corrected chi connectivity index (χ2v) is 15.8. The third-order valence-corrected chi connectivity index (χ3v) is 11.5. The molecule has 280 valence electrons. The molecule has 4 aromatic rings. The Labute approximate surface area is 309 Å². The van der Waals surface area contributed by atoms with Crippen LogP contribution in [0.5, 0.6) is 0 Å². The van der Waals surface area contributed by atoms with Gasteiger partial charge in [0.15, 0.2) is 0 Å². The van der Waals surface area contributed by atoms with E-state index in [1.807, 2.05) is 18.5 Å². The van der Waals surface area contributed by atoms with Crippen molar-refractivity contribution in [2.45, 2.75) is 82.7 Å². The number of nitrogens with one attached hydrogen (secondary N) is 3. The van der Waals surface area contributed by atoms with Crippen LogP contribution in [0.15, 0.2) is 54.9 Å². The first-order chi connectivity index (χ1) is 25.5. The molecule has 0 radical (unpaired) electrons. The molecule has 3 fully saturated rings. The lowest BCUT2D eigenvalue weighted by Gasteiger charge is -2.43. The quantitative estimate of drug-likeness (QED) is 0.212. The number of para-hydroxylation sites is 1. The number of carbonyl (C=O) groups excluding carboxylic acids is 2. The molecule has 0 saturated carbocycles. The molecule has 6 heterocycles. The van der Waals surface area contributed by atoms with Crippen LogP contribution < -0.4 is 20.4 Å². The van der Waals surface area contributed by atoms with Gasteiger partial charge in [0.05, 0.1) is 11.7 Å². The second-order valence-electron chi connectivity index (χ2n) is 15.8. The Bertz CT molecular complexity index is 1960. The largest absolute Gasteiger partial charge is 0.374 e. The lowest BCUT2D eigenvalue weighted by Crippen LogP contribution is -2.53. The first kappa shape index (κ1) is 35.4. The average Bonchev–Trinajstić information content (AvgIpc) is 3.51. The number of piperidine rings is 2. The predicted molar refractivity (Wildman–Crippen MR) is 202 cm³/mol. The zero-order chi connectivity index (χ0) is 36.9. The Morgan fingerprint density at radius 3 is 2.38 bits per heavy atom. The van der Waals surface area contributed by atoms with Crippen LogP contribution in [0, 0.1) is 5.82 Å². The van der Waals surface area contributed by atoms with Gasteiger partial charge in [0.1, 0.15) is 17.5 Å². The molecule has 0 aliphatic carbocycles. The van der Waals surface area contributed by atoms with Crippen LogP contribution in [0.4, 0.5) is 26.1 Å². The SMILES string of the molecule is C[C@@H]1Cc2c([nH]c3ccccc23)[C@@H](c2cnc(N3CCC(N4CCN(c5ccc(NC6CCC(=O)NC6=O)cc5F)CC4)CC3)nc2)N1CC(C)(C)F. The maximum Gasteiger partial charge on any atom is 0.249 e. The predicted octanol–water partition coefficient (Wildman–Crippen LogP) is 5.19. The van der Waals surface area contributed by atoms with Crippen molar-refractivity contribution in [2.24, 2.45) is 0 Å². The molecular formula is C40H49F2N9O2. The summed E-state index contributed by atoms with van der Waals surface area (Å²) in [5.74, 6) is -0.254. The highest BCUT2D eigenvalue weighted by Gasteiger charge is 2.39. The number of halogens is 2. The zero-order valence-electron chi connectivity index (χ0n) is 30.7. The van der Waals surface area contributed by atoms with Crippen LogP contribution in [0.3, 0.4) is 0 Å². The number of piperazine rings is 1. The van der Waals surface area contributed by atoms with Gasteiger partial charge in [0.25, 0.3) is 0 Å². The molecule has 53 heavy (non-hydrogen) atoms. The van der Waals surface area contributed by atoms with Crippen molar-refractivity contribution in [3.8, 4) is 0 Å². The Kier molecular flexibility index (Phi) is 9.56. The van der Waals surface area contributed by atoms with Gasteiger partial charge in [0, 0.05) is 105 Å². The molecule has 13 heteroatoms. The van der Waals surface area contributed by atoms with E-state index in [0.717, 1.165) is 81.3 Å². The topological polar surface area (TPSA) is 113 Å². The number of fused-ring (bicyclic) bond motifs is 3. The van der Waals surface area contributed by atoms with E-state index in [1.54, 1.807) is 26.0 Å². The number of hydrogen-bond donors (Lipinski definition) is 3. The third kappa shape index (κ3) is 7.33. The molecule has 11 nitrogen and oxygen atoms in total. The summed E-state index contributed by atoms with van der Waals surface area (Å²) in [7, 11) is 0. The highest BCUT2D eigenvalue weighted by atomic mass is 19.1. The summed E-state index contributed by atoms with van der Waals surface area (Å²) in [6.45, 7) is 10.7. The van der Waals surface area contributed by atoms with E-state index in [0.29, 0.717) is 30.4 Å². The number of amides is 2. The fourth-order valence-electron chi connectivity index (χ4n) is 8.83. The van der Waals surface area contributed by atoms with Crippen molar-refractivity contribution < 1.29 is 18.4 Å². The lowest BCUT2D eigenvalue weighted by molar-refractivity contribution is -0.133. The molecular weight excluding hydrogens is 676 g/mol. The number of carbonyl (C=O) groups is 2. The number of alkyl halides is 1. The Hall–Kier alpha value is -4.62. The molecule has 1 unspecified atom stereocenters. The first-order valence-corrected chi connectivity index (χ1v) is 19.0. The van der Waals surface area contributed by atoms with Crippen molar-refractivity contribution in [2.75, 3.05) is 60.9 Å². The van der Waals surface area contributed by atoms with Crippen molar-refractivity contribution in [1.82, 2.24) is 30.1 Å². The monoisotopic (exact) mass is 725 g/mol. The van der Waals surface area contributed by atoms with Gasteiger partial charge < -0.3 is 20.1 Å². The molecule has 8 rings (SSSR count). The molecule has 4 aliphatic heterocycles. The maximum atomic E-state index is 15.3. The fourth-order valence-corrected chi connectivity index (χ4v) is 8.83. The van der Waals surface area contributed by atoms with Gasteiger partial charge in [0.2, 0.25) is 17.8 Å². The van der Waals surface area contributed by atoms with E-state index >= 15 is 8.78 Å². The van der Waals surface area contributed by atoms with Crippen LogP contribution in [-0.2, 0) is 16.0 Å². The van der Waals surface area contributed by atoms with Gasteiger partial charge in [-0.15, -0.1) is 0 Å². The summed E-state index contributed by atoms with van der Waals surface area (Å²) in [4.78, 5) is 46.1. The Balaban J connectivity index is 0.878. The summed E-state index contributed by atoms with van der Waals surface area (Å²) in [5, 5.41) is 6.62. The van der Waals surface area contributed by atoms with E-state index in [1.165, 1.54) is 17.0 Å². The number of nitrogens with zero attached hydrogens (tertiary/aromatic N) is 6. The summed E-state index contributed by atoms with van der Waals surface area (Å²) in [6, 6.07) is 13.3. The van der Waals surface area contributed by atoms with E-state index in [-0.39, 0.29) is 36.1 Å². The van der Waals surface area contributed by atoms with Gasteiger partial charge >= 0.3 is 0 Å². The molecule has 2 amide bonds. The van der Waals surface area contributed by atoms with Crippen LogP contribution in [-0.4, -0.2) is 106 Å². The van der Waals surface area contributed by atoms with Crippen LogP contribution in [0.1, 0.15) is 69.3 Å². The average molecular weight is 726 g/mol. The number of rotatable bonds is 8. The zero-order valence-corrected chi connectivity index (χ0v) is 30.7. The maximum absolute atomic E-state index is 15.3. The third-order valence-electron chi connectivity index (χ3n) is 11.5. The van der Waals surface area contributed by atoms with Gasteiger partial charge in [-0.1, -0.05) is 18.2 Å². The molecule has 3 atom stereocenters. The Morgan fingerprint density at radius 2 is 1.68 bits per heavy atom. The molecule has 0 bridgehead atoms. The standard InChI is InChI=1S/C40H49F2N9O2/c1-25-20-30-29-6-4-5-7-32(29)46-36(30)37(51(25)24-40(2,3)42)26-22-43-39(44-23-26)50-14-12-28(13-15-50)48-16-18-49(19-17-48)34-10-8-27(21-31(34)41)45-33-9-11-35(52)47-38(33)53/h4-8,10,21-23,25,28,33,37,45-46H,9,11-20,24H2,1-3H3,(H,47,52,53)/t25-,33?,37-/m1/s1. The van der Waals surface area contributed by atoms with Crippen LogP contribution in [0.2, 0.25) is 0 Å². The van der Waals surface area contributed by atoms with E-state index in [9.17, 15) is 9.59 Å². The van der Waals surface area contributed by atoms with Gasteiger partial charge in [-0.25, -0.2) is 18.7 Å². The van der Waals surface area contributed by atoms with Crippen molar-refractivity contribution in [1.29, 1.82) is 0 Å². The normalized spacial score (nSPS) is 23.7. The van der Waals surface area contributed by atoms with Crippen molar-refractivity contribution >= 4 is 40.0 Å². The molecule has 0 spiro atoms. The van der Waals surface area contributed by atoms with Crippen LogP contribution in [0.25, 0.3) is 10.9 Å². The Morgan fingerprint density at radius 1 is 0.943 bits per heavy atom. The highest BCUT2D eigenvalue weighted by molar-refractivity contribution is 6.01. The number of benzene rings is 2. The van der Waals surface area contributed by atoms with Gasteiger partial charge in [-0.2, -0.15) is 0 Å². The van der Waals surface area contributed by atoms with E-state index < -0.39 is 11.7 Å². The molecule has 3 N–H and O–H groups in total. The van der Waals surface area contributed by atoms with Gasteiger partial charge in [-0.05, 0) is 76.3 Å². The minimum Gasteiger partial charge on any atom is -0.374 e. The number of H-pyrrole nitrogens is 1. The van der Waals surface area contributed by atoms with Crippen molar-refractivity contribution in [3.05, 3.63) is 77.5 Å². The van der Waals surface area contributed by atoms with Crippen molar-refractivity contribution in [3.63, 3.8) is 0 Å². The number of anilines is 3. The van der Waals surface area contributed by atoms with E-state index in [4.69, 9.17) is 9.97 Å². The number of aromatic nitrogens is 3. The fraction of sp³-hybridized carbons (Fsp3) is 0.500. The summed E-state index contributed by atoms with van der Waals surface area (Å²) in [6.07, 6.45) is 7.37. The summed E-state index contributed by atoms with van der Waals surface area (Å²) >= 11 is 0. The van der Waals surface area contributed by atoms with Gasteiger partial charge in [-0.3, -0.25) is 24.7 Å². The first-order valence-electron chi connectivity index (χ1n) is 19.0.